The fraction of sp³-hybridized carbons (Fsp3) is 0.565. The summed E-state index contributed by atoms with van der Waals surface area (Å²) in [6.07, 6.45) is -5.03. The van der Waals surface area contributed by atoms with E-state index in [-0.39, 0.29) is 33.2 Å². The third kappa shape index (κ3) is 5.84. The monoisotopic (exact) mass is 547 g/mol. The van der Waals surface area contributed by atoms with Crippen LogP contribution in [0, 0.1) is 0 Å². The lowest BCUT2D eigenvalue weighted by atomic mass is 9.89. The molecule has 14 heteroatoms. The smallest absolute Gasteiger partial charge is 0.393 e. The van der Waals surface area contributed by atoms with E-state index < -0.39 is 47.9 Å². The van der Waals surface area contributed by atoms with Crippen molar-refractivity contribution in [2.45, 2.75) is 76.4 Å². The highest BCUT2D eigenvalue weighted by molar-refractivity contribution is 7.17. The Labute approximate surface area is 213 Å². The number of aromatic nitrogens is 2. The number of likely N-dealkylation sites (tertiary alicyclic amines) is 1. The van der Waals surface area contributed by atoms with E-state index in [0.717, 1.165) is 43.4 Å². The number of hydrogen-bond acceptors (Lipinski definition) is 7. The Bertz CT molecular complexity index is 1170. The minimum atomic E-state index is -4.62. The van der Waals surface area contributed by atoms with Crippen LogP contribution in [0.5, 0.6) is 0 Å². The fourth-order valence-electron chi connectivity index (χ4n) is 4.29. The summed E-state index contributed by atoms with van der Waals surface area (Å²) in [5.41, 5.74) is -1.02. The maximum atomic E-state index is 14.1. The minimum Gasteiger partial charge on any atom is -0.393 e. The molecule has 3 heterocycles. The molecular formula is C23H26F5N5O3S. The van der Waals surface area contributed by atoms with Crippen LogP contribution in [-0.4, -0.2) is 68.7 Å². The number of nitrogens with zero attached hydrogens (tertiary/aromatic N) is 3. The zero-order chi connectivity index (χ0) is 27.1. The molecule has 3 N–H and O–H groups in total. The summed E-state index contributed by atoms with van der Waals surface area (Å²) >= 11 is 0.735. The molecule has 0 aromatic carbocycles. The molecule has 1 unspecified atom stereocenters. The molecule has 8 nitrogen and oxygen atoms in total. The number of pyridine rings is 1. The molecule has 2 aromatic heterocycles. The summed E-state index contributed by atoms with van der Waals surface area (Å²) in [7, 11) is 0. The number of amides is 2. The summed E-state index contributed by atoms with van der Waals surface area (Å²) in [6, 6.07) is -1.61. The van der Waals surface area contributed by atoms with E-state index in [4.69, 9.17) is 0 Å². The van der Waals surface area contributed by atoms with E-state index in [2.05, 4.69) is 20.6 Å². The Balaban J connectivity index is 1.73. The zero-order valence-electron chi connectivity index (χ0n) is 20.0. The van der Waals surface area contributed by atoms with Gasteiger partial charge in [0.1, 0.15) is 17.6 Å². The van der Waals surface area contributed by atoms with Crippen LogP contribution in [0.15, 0.2) is 12.3 Å². The van der Waals surface area contributed by atoms with Gasteiger partial charge in [0.2, 0.25) is 0 Å². The molecule has 2 fully saturated rings. The van der Waals surface area contributed by atoms with Crippen LogP contribution in [0.1, 0.15) is 71.8 Å². The number of thiazole rings is 1. The number of aliphatic hydroxyl groups is 1. The fourth-order valence-corrected chi connectivity index (χ4v) is 5.28. The van der Waals surface area contributed by atoms with Crippen molar-refractivity contribution in [3.63, 3.8) is 0 Å². The highest BCUT2D eigenvalue weighted by atomic mass is 32.1. The maximum Gasteiger partial charge on any atom is 0.408 e. The number of halogens is 5. The van der Waals surface area contributed by atoms with E-state index in [1.54, 1.807) is 4.90 Å². The predicted octanol–water partition coefficient (Wildman–Crippen LogP) is 4.38. The maximum absolute atomic E-state index is 14.1. The van der Waals surface area contributed by atoms with E-state index >= 15 is 0 Å². The number of carbonyl (C=O) groups excluding carboxylic acids is 2. The first-order valence-corrected chi connectivity index (χ1v) is 12.6. The normalized spacial score (nSPS) is 22.6. The van der Waals surface area contributed by atoms with Crippen LogP contribution in [-0.2, 0) is 0 Å². The first kappa shape index (κ1) is 27.2. The molecule has 0 bridgehead atoms. The van der Waals surface area contributed by atoms with Crippen molar-refractivity contribution in [3.8, 4) is 10.4 Å². The Morgan fingerprint density at radius 2 is 1.97 bits per heavy atom. The van der Waals surface area contributed by atoms with Gasteiger partial charge >= 0.3 is 6.18 Å². The Morgan fingerprint density at radius 1 is 1.27 bits per heavy atom. The van der Waals surface area contributed by atoms with Gasteiger partial charge in [0, 0.05) is 36.0 Å². The molecule has 1 aliphatic heterocycles. The van der Waals surface area contributed by atoms with Gasteiger partial charge in [0.25, 0.3) is 18.2 Å². The summed E-state index contributed by atoms with van der Waals surface area (Å²) in [6.45, 7) is 3.12. The average Bonchev–Trinajstić information content (AvgIpc) is 3.43. The van der Waals surface area contributed by atoms with Crippen molar-refractivity contribution < 1.29 is 36.6 Å². The predicted molar refractivity (Wildman–Crippen MR) is 126 cm³/mol. The molecule has 4 rings (SSSR count). The first-order chi connectivity index (χ1) is 17.3. The van der Waals surface area contributed by atoms with Crippen molar-refractivity contribution in [1.82, 2.24) is 20.2 Å². The van der Waals surface area contributed by atoms with E-state index in [0.29, 0.717) is 19.4 Å². The van der Waals surface area contributed by atoms with Gasteiger partial charge in [0.15, 0.2) is 5.01 Å². The van der Waals surface area contributed by atoms with Crippen molar-refractivity contribution in [2.75, 3.05) is 11.9 Å². The van der Waals surface area contributed by atoms with Crippen LogP contribution in [0.2, 0.25) is 0 Å². The van der Waals surface area contributed by atoms with Gasteiger partial charge in [-0.2, -0.15) is 13.2 Å². The molecule has 0 spiro atoms. The van der Waals surface area contributed by atoms with Crippen molar-refractivity contribution in [2.24, 2.45) is 0 Å². The van der Waals surface area contributed by atoms with Gasteiger partial charge in [-0.15, -0.1) is 11.3 Å². The molecule has 1 saturated heterocycles. The van der Waals surface area contributed by atoms with Crippen molar-refractivity contribution >= 4 is 29.0 Å². The number of alkyl halides is 5. The zero-order valence-corrected chi connectivity index (χ0v) is 20.8. The number of nitrogens with one attached hydrogen (secondary N) is 2. The molecule has 1 saturated carbocycles. The third-order valence-electron chi connectivity index (χ3n) is 6.56. The summed E-state index contributed by atoms with van der Waals surface area (Å²) in [5, 5.41) is 14.1. The van der Waals surface area contributed by atoms with Gasteiger partial charge in [-0.25, -0.2) is 18.7 Å². The van der Waals surface area contributed by atoms with Gasteiger partial charge in [-0.1, -0.05) is 0 Å². The number of rotatable bonds is 7. The standard InChI is InChI=1S/C23H26F5N5O3S/c1-10-4-3-5-33(10)22(36)17-18(37-21(32-17)20(35)31-12-6-13(34)7-12)15-9-29-16(8-14(15)19(24)25)30-11(2)23(26,27)28/h8-13,19,34H,3-7H2,1-2H3,(H,29,30)(H,31,35)/t10-,11?,12?,13?/m0/s1. The first-order valence-electron chi connectivity index (χ1n) is 11.8. The highest BCUT2D eigenvalue weighted by Gasteiger charge is 2.37. The largest absolute Gasteiger partial charge is 0.408 e. The molecular weight excluding hydrogens is 521 g/mol. The SMILES string of the molecule is CC(Nc1cc(C(F)F)c(-c2sc(C(=O)NC3CC(O)C3)nc2C(=O)N2CCC[C@@H]2C)cn1)C(F)(F)F. The summed E-state index contributed by atoms with van der Waals surface area (Å²) in [5.74, 6) is -1.54. The number of aliphatic hydroxyl groups excluding tert-OH is 1. The molecule has 2 atom stereocenters. The van der Waals surface area contributed by atoms with Gasteiger partial charge < -0.3 is 20.6 Å². The van der Waals surface area contributed by atoms with Gasteiger partial charge in [-0.05, 0) is 45.6 Å². The Morgan fingerprint density at radius 3 is 2.54 bits per heavy atom. The molecule has 2 aliphatic rings. The number of hydrogen-bond donors (Lipinski definition) is 3. The second-order valence-electron chi connectivity index (χ2n) is 9.35. The summed E-state index contributed by atoms with van der Waals surface area (Å²) < 4.78 is 67.0. The Kier molecular flexibility index (Phi) is 7.70. The quantitative estimate of drug-likeness (QED) is 0.444. The molecule has 37 heavy (non-hydrogen) atoms. The van der Waals surface area contributed by atoms with Crippen LogP contribution in [0.25, 0.3) is 10.4 Å². The van der Waals surface area contributed by atoms with Crippen LogP contribution >= 0.6 is 11.3 Å². The lowest BCUT2D eigenvalue weighted by Gasteiger charge is -2.31. The molecule has 1 aliphatic carbocycles. The van der Waals surface area contributed by atoms with E-state index in [9.17, 15) is 36.6 Å². The van der Waals surface area contributed by atoms with Crippen LogP contribution in [0.3, 0.4) is 0 Å². The van der Waals surface area contributed by atoms with Gasteiger partial charge in [0.05, 0.1) is 11.0 Å². The van der Waals surface area contributed by atoms with E-state index in [1.165, 1.54) is 0 Å². The van der Waals surface area contributed by atoms with Crippen molar-refractivity contribution in [3.05, 3.63) is 28.5 Å². The lowest BCUT2D eigenvalue weighted by molar-refractivity contribution is -0.138. The molecule has 0 radical (unpaired) electrons. The van der Waals surface area contributed by atoms with Crippen molar-refractivity contribution in [1.29, 1.82) is 0 Å². The minimum absolute atomic E-state index is 0.0129. The van der Waals surface area contributed by atoms with E-state index in [1.807, 2.05) is 6.92 Å². The number of carbonyl (C=O) groups is 2. The topological polar surface area (TPSA) is 107 Å². The lowest BCUT2D eigenvalue weighted by Crippen LogP contribution is -2.46. The summed E-state index contributed by atoms with van der Waals surface area (Å²) in [4.78, 5) is 35.8. The molecule has 2 amide bonds. The molecule has 202 valence electrons. The Hall–Kier alpha value is -2.87. The molecule has 2 aromatic rings. The highest BCUT2D eigenvalue weighted by Crippen LogP contribution is 2.39. The second-order valence-corrected chi connectivity index (χ2v) is 10.3. The van der Waals surface area contributed by atoms with Gasteiger partial charge in [-0.3, -0.25) is 9.59 Å². The van der Waals surface area contributed by atoms with Crippen LogP contribution < -0.4 is 10.6 Å². The third-order valence-corrected chi connectivity index (χ3v) is 7.64. The number of anilines is 1. The average molecular weight is 548 g/mol. The second kappa shape index (κ2) is 10.5. The van der Waals surface area contributed by atoms with Crippen LogP contribution in [0.4, 0.5) is 27.8 Å².